The number of pyridine rings is 1. The largest absolute Gasteiger partial charge is 0.497 e. The average Bonchev–Trinajstić information content (AvgIpc) is 3.22. The van der Waals surface area contributed by atoms with Crippen LogP contribution in [0.4, 0.5) is 11.5 Å². The SMILES string of the molecule is COc1cccc(C2CCCN2c2cc(C#N)c3cc([N+](=O)[O-])ccc3n2)c1. The van der Waals surface area contributed by atoms with Gasteiger partial charge in [0, 0.05) is 24.1 Å². The van der Waals surface area contributed by atoms with Crippen LogP contribution in [0.3, 0.4) is 0 Å². The van der Waals surface area contributed by atoms with Gasteiger partial charge in [-0.05, 0) is 42.7 Å². The average molecular weight is 374 g/mol. The third-order valence-electron chi connectivity index (χ3n) is 5.14. The first-order valence-electron chi connectivity index (χ1n) is 9.00. The molecule has 0 N–H and O–H groups in total. The van der Waals surface area contributed by atoms with Crippen LogP contribution in [-0.4, -0.2) is 23.6 Å². The maximum absolute atomic E-state index is 11.1. The lowest BCUT2D eigenvalue weighted by molar-refractivity contribution is -0.384. The van der Waals surface area contributed by atoms with E-state index in [-0.39, 0.29) is 11.7 Å². The molecule has 1 atom stereocenters. The number of nitrogens with zero attached hydrogens (tertiary/aromatic N) is 4. The van der Waals surface area contributed by atoms with Gasteiger partial charge in [0.1, 0.15) is 11.6 Å². The van der Waals surface area contributed by atoms with Crippen LogP contribution >= 0.6 is 0 Å². The van der Waals surface area contributed by atoms with Gasteiger partial charge in [0.05, 0.1) is 35.2 Å². The number of ether oxygens (including phenoxy) is 1. The van der Waals surface area contributed by atoms with Crippen LogP contribution in [0.5, 0.6) is 5.75 Å². The molecule has 7 nitrogen and oxygen atoms in total. The van der Waals surface area contributed by atoms with Crippen molar-refractivity contribution in [1.29, 1.82) is 5.26 Å². The van der Waals surface area contributed by atoms with E-state index < -0.39 is 4.92 Å². The molecule has 1 fully saturated rings. The van der Waals surface area contributed by atoms with Crippen LogP contribution in [0, 0.1) is 21.4 Å². The lowest BCUT2D eigenvalue weighted by Gasteiger charge is -2.27. The van der Waals surface area contributed by atoms with E-state index in [2.05, 4.69) is 17.0 Å². The number of methoxy groups -OCH3 is 1. The molecular weight excluding hydrogens is 356 g/mol. The van der Waals surface area contributed by atoms with Gasteiger partial charge in [-0.1, -0.05) is 12.1 Å². The number of nitro benzene ring substituents is 1. The summed E-state index contributed by atoms with van der Waals surface area (Å²) in [4.78, 5) is 17.5. The van der Waals surface area contributed by atoms with Crippen LogP contribution < -0.4 is 9.64 Å². The zero-order valence-corrected chi connectivity index (χ0v) is 15.3. The maximum atomic E-state index is 11.1. The van der Waals surface area contributed by atoms with Gasteiger partial charge in [-0.2, -0.15) is 5.26 Å². The summed E-state index contributed by atoms with van der Waals surface area (Å²) in [6.07, 6.45) is 2.00. The number of rotatable bonds is 4. The summed E-state index contributed by atoms with van der Waals surface area (Å²) in [6, 6.07) is 16.5. The van der Waals surface area contributed by atoms with Gasteiger partial charge >= 0.3 is 0 Å². The van der Waals surface area contributed by atoms with Crippen molar-refractivity contribution in [2.75, 3.05) is 18.6 Å². The number of nitro groups is 1. The maximum Gasteiger partial charge on any atom is 0.270 e. The highest BCUT2D eigenvalue weighted by Gasteiger charge is 2.28. The number of aromatic nitrogens is 1. The van der Waals surface area contributed by atoms with E-state index in [1.807, 2.05) is 18.2 Å². The van der Waals surface area contributed by atoms with Gasteiger partial charge in [0.25, 0.3) is 5.69 Å². The number of anilines is 1. The molecule has 0 radical (unpaired) electrons. The Morgan fingerprint density at radius 3 is 2.89 bits per heavy atom. The first-order valence-corrected chi connectivity index (χ1v) is 9.00. The van der Waals surface area contributed by atoms with Crippen LogP contribution in [-0.2, 0) is 0 Å². The predicted octanol–water partition coefficient (Wildman–Crippen LogP) is 4.36. The van der Waals surface area contributed by atoms with Crippen LogP contribution in [0.1, 0.15) is 30.0 Å². The summed E-state index contributed by atoms with van der Waals surface area (Å²) in [5, 5.41) is 21.2. The van der Waals surface area contributed by atoms with Gasteiger partial charge in [-0.25, -0.2) is 4.98 Å². The molecule has 140 valence electrons. The minimum atomic E-state index is -0.464. The monoisotopic (exact) mass is 374 g/mol. The summed E-state index contributed by atoms with van der Waals surface area (Å²) in [5.74, 6) is 1.52. The van der Waals surface area contributed by atoms with Crippen molar-refractivity contribution >= 4 is 22.4 Å². The molecule has 0 amide bonds. The van der Waals surface area contributed by atoms with Crippen molar-refractivity contribution in [1.82, 2.24) is 4.98 Å². The Bertz CT molecular complexity index is 1110. The first kappa shape index (κ1) is 17.7. The molecule has 3 aromatic rings. The Hall–Kier alpha value is -3.66. The Labute approximate surface area is 161 Å². The van der Waals surface area contributed by atoms with E-state index in [4.69, 9.17) is 9.72 Å². The molecule has 7 heteroatoms. The zero-order valence-electron chi connectivity index (χ0n) is 15.3. The highest BCUT2D eigenvalue weighted by Crippen LogP contribution is 2.37. The highest BCUT2D eigenvalue weighted by molar-refractivity contribution is 5.88. The van der Waals surface area contributed by atoms with Crippen LogP contribution in [0.2, 0.25) is 0 Å². The van der Waals surface area contributed by atoms with Crippen molar-refractivity contribution in [3.05, 3.63) is 69.8 Å². The Morgan fingerprint density at radius 1 is 1.29 bits per heavy atom. The molecule has 1 aliphatic rings. The summed E-state index contributed by atoms with van der Waals surface area (Å²) in [7, 11) is 1.65. The van der Waals surface area contributed by atoms with E-state index in [9.17, 15) is 15.4 Å². The van der Waals surface area contributed by atoms with E-state index >= 15 is 0 Å². The molecular formula is C21H18N4O3. The Morgan fingerprint density at radius 2 is 2.14 bits per heavy atom. The van der Waals surface area contributed by atoms with Gasteiger partial charge < -0.3 is 9.64 Å². The minimum Gasteiger partial charge on any atom is -0.497 e. The molecule has 1 unspecified atom stereocenters. The quantitative estimate of drug-likeness (QED) is 0.497. The number of non-ortho nitro benzene ring substituents is 1. The van der Waals surface area contributed by atoms with Gasteiger partial charge in [0.2, 0.25) is 0 Å². The molecule has 1 aromatic heterocycles. The van der Waals surface area contributed by atoms with E-state index in [0.717, 1.165) is 30.7 Å². The van der Waals surface area contributed by atoms with Gasteiger partial charge in [-0.3, -0.25) is 10.1 Å². The molecule has 1 saturated heterocycles. The van der Waals surface area contributed by atoms with E-state index in [1.54, 1.807) is 19.2 Å². The smallest absolute Gasteiger partial charge is 0.270 e. The predicted molar refractivity (Wildman–Crippen MR) is 105 cm³/mol. The second kappa shape index (κ2) is 7.16. The minimum absolute atomic E-state index is 0.0472. The number of hydrogen-bond acceptors (Lipinski definition) is 6. The molecule has 2 heterocycles. The molecule has 0 spiro atoms. The molecule has 2 aromatic carbocycles. The van der Waals surface area contributed by atoms with Crippen molar-refractivity contribution in [2.45, 2.75) is 18.9 Å². The van der Waals surface area contributed by atoms with E-state index in [1.165, 1.54) is 12.1 Å². The molecule has 0 saturated carbocycles. The second-order valence-corrected chi connectivity index (χ2v) is 6.73. The number of benzene rings is 2. The van der Waals surface area contributed by atoms with E-state index in [0.29, 0.717) is 22.3 Å². The summed E-state index contributed by atoms with van der Waals surface area (Å²) in [6.45, 7) is 0.832. The normalized spacial score (nSPS) is 16.1. The van der Waals surface area contributed by atoms with Crippen molar-refractivity contribution in [2.24, 2.45) is 0 Å². The second-order valence-electron chi connectivity index (χ2n) is 6.73. The van der Waals surface area contributed by atoms with Crippen molar-refractivity contribution < 1.29 is 9.66 Å². The lowest BCUT2D eigenvalue weighted by atomic mass is 10.0. The molecule has 28 heavy (non-hydrogen) atoms. The Kier molecular flexibility index (Phi) is 4.53. The molecule has 4 rings (SSSR count). The van der Waals surface area contributed by atoms with Gasteiger partial charge in [-0.15, -0.1) is 0 Å². The number of hydrogen-bond donors (Lipinski definition) is 0. The third kappa shape index (κ3) is 3.09. The standard InChI is InChI=1S/C21H18N4O3/c1-28-17-5-2-4-14(10-17)20-6-3-9-24(20)21-11-15(13-22)18-12-16(25(26)27)7-8-19(18)23-21/h2,4-5,7-8,10-12,20H,3,6,9H2,1H3. The van der Waals surface area contributed by atoms with Gasteiger partial charge in [0.15, 0.2) is 0 Å². The first-order chi connectivity index (χ1) is 13.6. The highest BCUT2D eigenvalue weighted by atomic mass is 16.6. The van der Waals surface area contributed by atoms with Crippen molar-refractivity contribution in [3.8, 4) is 11.8 Å². The zero-order chi connectivity index (χ0) is 19.7. The van der Waals surface area contributed by atoms with Crippen molar-refractivity contribution in [3.63, 3.8) is 0 Å². The molecule has 1 aliphatic heterocycles. The fourth-order valence-electron chi connectivity index (χ4n) is 3.79. The fraction of sp³-hybridized carbons (Fsp3) is 0.238. The summed E-state index contributed by atoms with van der Waals surface area (Å²) < 4.78 is 5.35. The summed E-state index contributed by atoms with van der Waals surface area (Å²) in [5.41, 5.74) is 2.06. The Balaban J connectivity index is 1.78. The number of nitriles is 1. The topological polar surface area (TPSA) is 92.3 Å². The number of fused-ring (bicyclic) bond motifs is 1. The van der Waals surface area contributed by atoms with Crippen LogP contribution in [0.15, 0.2) is 48.5 Å². The molecule has 0 aliphatic carbocycles. The third-order valence-corrected chi connectivity index (χ3v) is 5.14. The van der Waals surface area contributed by atoms with Crippen LogP contribution in [0.25, 0.3) is 10.9 Å². The molecule has 0 bridgehead atoms. The summed E-state index contributed by atoms with van der Waals surface area (Å²) >= 11 is 0. The lowest BCUT2D eigenvalue weighted by Crippen LogP contribution is -2.23. The fourth-order valence-corrected chi connectivity index (χ4v) is 3.79.